The van der Waals surface area contributed by atoms with Crippen molar-refractivity contribution in [1.29, 1.82) is 0 Å². The van der Waals surface area contributed by atoms with E-state index in [1.54, 1.807) is 0 Å². The second-order valence-corrected chi connectivity index (χ2v) is 6.14. The van der Waals surface area contributed by atoms with Gasteiger partial charge in [-0.1, -0.05) is 28.1 Å². The van der Waals surface area contributed by atoms with Crippen molar-refractivity contribution in [3.63, 3.8) is 0 Å². The number of halogens is 1. The van der Waals surface area contributed by atoms with Crippen molar-refractivity contribution in [2.75, 3.05) is 11.9 Å². The van der Waals surface area contributed by atoms with Crippen molar-refractivity contribution in [2.45, 2.75) is 19.9 Å². The van der Waals surface area contributed by atoms with E-state index in [4.69, 9.17) is 0 Å². The molecule has 4 heteroatoms. The molecule has 108 valence electrons. The fourth-order valence-corrected chi connectivity index (χ4v) is 2.86. The molecule has 1 heterocycles. The molecular weight excluding hydrogens is 328 g/mol. The van der Waals surface area contributed by atoms with Gasteiger partial charge >= 0.3 is 0 Å². The molecule has 0 fully saturated rings. The summed E-state index contributed by atoms with van der Waals surface area (Å²) in [5.41, 5.74) is 5.16. The predicted molar refractivity (Wildman–Crippen MR) is 88.7 cm³/mol. The van der Waals surface area contributed by atoms with Gasteiger partial charge in [0.25, 0.3) is 5.91 Å². The van der Waals surface area contributed by atoms with Crippen molar-refractivity contribution in [1.82, 2.24) is 5.32 Å². The van der Waals surface area contributed by atoms with Crippen LogP contribution in [0.1, 0.15) is 27.0 Å². The lowest BCUT2D eigenvalue weighted by Gasteiger charge is -2.20. The van der Waals surface area contributed by atoms with Gasteiger partial charge in [-0.15, -0.1) is 0 Å². The molecule has 21 heavy (non-hydrogen) atoms. The number of fused-ring (bicyclic) bond motifs is 1. The third-order valence-electron chi connectivity index (χ3n) is 3.81. The Morgan fingerprint density at radius 1 is 1.29 bits per heavy atom. The summed E-state index contributed by atoms with van der Waals surface area (Å²) in [5, 5.41) is 6.39. The molecular formula is C17H17BrN2O. The number of carbonyl (C=O) groups excluding carboxylic acids is 1. The minimum absolute atomic E-state index is 0.0652. The molecule has 0 bridgehead atoms. The number of anilines is 1. The van der Waals surface area contributed by atoms with Gasteiger partial charge < -0.3 is 10.6 Å². The van der Waals surface area contributed by atoms with Gasteiger partial charge in [0.15, 0.2) is 0 Å². The average Bonchev–Trinajstić information content (AvgIpc) is 2.50. The molecule has 3 rings (SSSR count). The Bertz CT molecular complexity index is 697. The van der Waals surface area contributed by atoms with Crippen LogP contribution in [0.25, 0.3) is 0 Å². The smallest absolute Gasteiger partial charge is 0.255 e. The molecule has 1 amide bonds. The van der Waals surface area contributed by atoms with E-state index >= 15 is 0 Å². The van der Waals surface area contributed by atoms with Gasteiger partial charge in [-0.05, 0) is 60.8 Å². The molecule has 2 aromatic carbocycles. The van der Waals surface area contributed by atoms with Crippen molar-refractivity contribution >= 4 is 27.5 Å². The van der Waals surface area contributed by atoms with Crippen molar-refractivity contribution in [2.24, 2.45) is 0 Å². The summed E-state index contributed by atoms with van der Waals surface area (Å²) < 4.78 is 1.01. The second kappa shape index (κ2) is 6.00. The first-order chi connectivity index (χ1) is 10.1. The zero-order chi connectivity index (χ0) is 14.8. The fourth-order valence-electron chi connectivity index (χ4n) is 2.61. The molecule has 0 aromatic heterocycles. The number of rotatable bonds is 2. The summed E-state index contributed by atoms with van der Waals surface area (Å²) in [5.74, 6) is -0.0652. The summed E-state index contributed by atoms with van der Waals surface area (Å²) >= 11 is 3.45. The number of amides is 1. The number of aryl methyl sites for hydroxylation is 1. The van der Waals surface area contributed by atoms with Crippen molar-refractivity contribution in [3.05, 3.63) is 63.1 Å². The molecule has 0 aliphatic carbocycles. The van der Waals surface area contributed by atoms with Crippen LogP contribution in [-0.4, -0.2) is 12.5 Å². The third-order valence-corrected chi connectivity index (χ3v) is 4.70. The van der Waals surface area contributed by atoms with E-state index in [9.17, 15) is 4.79 Å². The lowest BCUT2D eigenvalue weighted by molar-refractivity contribution is 0.102. The van der Waals surface area contributed by atoms with Crippen LogP contribution in [0.3, 0.4) is 0 Å². The normalized spacial score (nSPS) is 13.6. The number of hydrogen-bond donors (Lipinski definition) is 2. The summed E-state index contributed by atoms with van der Waals surface area (Å²) in [6.07, 6.45) is 1.01. The largest absolute Gasteiger partial charge is 0.322 e. The number of benzene rings is 2. The van der Waals surface area contributed by atoms with Crippen molar-refractivity contribution in [3.8, 4) is 0 Å². The van der Waals surface area contributed by atoms with E-state index in [0.29, 0.717) is 5.56 Å². The maximum Gasteiger partial charge on any atom is 0.255 e. The zero-order valence-corrected chi connectivity index (χ0v) is 13.5. The van der Waals surface area contributed by atoms with E-state index in [2.05, 4.69) is 32.6 Å². The highest BCUT2D eigenvalue weighted by Crippen LogP contribution is 2.24. The van der Waals surface area contributed by atoms with E-state index < -0.39 is 0 Å². The van der Waals surface area contributed by atoms with Gasteiger partial charge in [0.05, 0.1) is 0 Å². The summed E-state index contributed by atoms with van der Waals surface area (Å²) in [6.45, 7) is 3.79. The Morgan fingerprint density at radius 3 is 2.95 bits per heavy atom. The van der Waals surface area contributed by atoms with Crippen LogP contribution in [0.4, 0.5) is 5.69 Å². The number of carbonyl (C=O) groups is 1. The predicted octanol–water partition coefficient (Wildman–Crippen LogP) is 3.66. The Labute approximate surface area is 132 Å². The zero-order valence-electron chi connectivity index (χ0n) is 11.9. The summed E-state index contributed by atoms with van der Waals surface area (Å²) in [6, 6.07) is 11.7. The maximum absolute atomic E-state index is 12.4. The molecule has 0 unspecified atom stereocenters. The first kappa shape index (κ1) is 14.3. The first-order valence-electron chi connectivity index (χ1n) is 7.04. The van der Waals surface area contributed by atoms with Crippen LogP contribution in [0.2, 0.25) is 0 Å². The SMILES string of the molecule is Cc1cc(C(=O)Nc2cccc3c2CNCC3)ccc1Br. The highest BCUT2D eigenvalue weighted by atomic mass is 79.9. The van der Waals surface area contributed by atoms with Crippen LogP contribution in [0.5, 0.6) is 0 Å². The van der Waals surface area contributed by atoms with Gasteiger partial charge in [0, 0.05) is 22.3 Å². The summed E-state index contributed by atoms with van der Waals surface area (Å²) in [7, 11) is 0. The highest BCUT2D eigenvalue weighted by molar-refractivity contribution is 9.10. The molecule has 2 N–H and O–H groups in total. The maximum atomic E-state index is 12.4. The Hall–Kier alpha value is -1.65. The molecule has 0 saturated heterocycles. The topological polar surface area (TPSA) is 41.1 Å². The Morgan fingerprint density at radius 2 is 2.14 bits per heavy atom. The molecule has 0 spiro atoms. The minimum Gasteiger partial charge on any atom is -0.322 e. The molecule has 3 nitrogen and oxygen atoms in total. The fraction of sp³-hybridized carbons (Fsp3) is 0.235. The van der Waals surface area contributed by atoms with Gasteiger partial charge in [0.1, 0.15) is 0 Å². The van der Waals surface area contributed by atoms with Gasteiger partial charge in [-0.25, -0.2) is 0 Å². The lowest BCUT2D eigenvalue weighted by atomic mass is 9.99. The van der Waals surface area contributed by atoms with Crippen LogP contribution < -0.4 is 10.6 Å². The highest BCUT2D eigenvalue weighted by Gasteiger charge is 2.15. The third kappa shape index (κ3) is 3.01. The first-order valence-corrected chi connectivity index (χ1v) is 7.83. The van der Waals surface area contributed by atoms with E-state index in [0.717, 1.165) is 35.2 Å². The van der Waals surface area contributed by atoms with Crippen LogP contribution in [0, 0.1) is 6.92 Å². The molecule has 0 radical (unpaired) electrons. The molecule has 0 atom stereocenters. The number of nitrogens with one attached hydrogen (secondary N) is 2. The van der Waals surface area contributed by atoms with E-state index in [1.165, 1.54) is 11.1 Å². The molecule has 2 aromatic rings. The monoisotopic (exact) mass is 344 g/mol. The molecule has 1 aliphatic heterocycles. The van der Waals surface area contributed by atoms with Crippen LogP contribution in [0.15, 0.2) is 40.9 Å². The quantitative estimate of drug-likeness (QED) is 0.872. The van der Waals surface area contributed by atoms with E-state index in [1.807, 2.05) is 37.3 Å². The lowest BCUT2D eigenvalue weighted by Crippen LogP contribution is -2.25. The standard InChI is InChI=1S/C17H17BrN2O/c1-11-9-13(5-6-15(11)18)17(21)20-16-4-2-3-12-7-8-19-10-14(12)16/h2-6,9,19H,7-8,10H2,1H3,(H,20,21). The van der Waals surface area contributed by atoms with Gasteiger partial charge in [-0.2, -0.15) is 0 Å². The average molecular weight is 345 g/mol. The number of hydrogen-bond acceptors (Lipinski definition) is 2. The Kier molecular flexibility index (Phi) is 4.08. The van der Waals surface area contributed by atoms with E-state index in [-0.39, 0.29) is 5.91 Å². The van der Waals surface area contributed by atoms with Crippen molar-refractivity contribution < 1.29 is 4.79 Å². The van der Waals surface area contributed by atoms with Gasteiger partial charge in [-0.3, -0.25) is 4.79 Å². The Balaban J connectivity index is 1.86. The van der Waals surface area contributed by atoms with Crippen LogP contribution in [-0.2, 0) is 13.0 Å². The molecule has 1 aliphatic rings. The van der Waals surface area contributed by atoms with Gasteiger partial charge in [0.2, 0.25) is 0 Å². The summed E-state index contributed by atoms with van der Waals surface area (Å²) in [4.78, 5) is 12.4. The molecule has 0 saturated carbocycles. The second-order valence-electron chi connectivity index (χ2n) is 5.29. The minimum atomic E-state index is -0.0652. The van der Waals surface area contributed by atoms with Crippen LogP contribution >= 0.6 is 15.9 Å².